The summed E-state index contributed by atoms with van der Waals surface area (Å²) in [6.45, 7) is 0. The van der Waals surface area contributed by atoms with Crippen LogP contribution in [0.3, 0.4) is 0 Å². The van der Waals surface area contributed by atoms with Crippen molar-refractivity contribution < 1.29 is 8.42 Å². The molecule has 160 valence electrons. The Bertz CT molecular complexity index is 1330. The molecule has 0 amide bonds. The highest BCUT2D eigenvalue weighted by Crippen LogP contribution is 2.23. The zero-order valence-corrected chi connectivity index (χ0v) is 18.4. The van der Waals surface area contributed by atoms with E-state index in [-0.39, 0.29) is 23.1 Å². The number of hydrogen-bond donors (Lipinski definition) is 3. The minimum absolute atomic E-state index is 0. The zero-order valence-electron chi connectivity index (χ0n) is 16.7. The van der Waals surface area contributed by atoms with Crippen LogP contribution in [-0.4, -0.2) is 23.8 Å². The van der Waals surface area contributed by atoms with Crippen LogP contribution in [0.1, 0.15) is 17.0 Å². The monoisotopic (exact) mass is 455 g/mol. The number of anilines is 1. The molecular weight excluding hydrogens is 434 g/mol. The van der Waals surface area contributed by atoms with Crippen LogP contribution in [0.15, 0.2) is 77.7 Å². The molecule has 0 saturated heterocycles. The van der Waals surface area contributed by atoms with Gasteiger partial charge < -0.3 is 10.3 Å². The van der Waals surface area contributed by atoms with Crippen LogP contribution >= 0.6 is 12.4 Å². The van der Waals surface area contributed by atoms with E-state index >= 15 is 0 Å². The van der Waals surface area contributed by atoms with Gasteiger partial charge in [0.2, 0.25) is 0 Å². The van der Waals surface area contributed by atoms with E-state index in [9.17, 15) is 8.42 Å². The Hall–Kier alpha value is -3.36. The molecule has 3 aromatic carbocycles. The summed E-state index contributed by atoms with van der Waals surface area (Å²) in [5.74, 6) is 0.887. The molecule has 0 radical (unpaired) electrons. The molecule has 0 saturated carbocycles. The van der Waals surface area contributed by atoms with Crippen molar-refractivity contribution in [3.63, 3.8) is 0 Å². The fourth-order valence-electron chi connectivity index (χ4n) is 3.27. The molecule has 0 aliphatic carbocycles. The van der Waals surface area contributed by atoms with Gasteiger partial charge in [0.25, 0.3) is 10.0 Å². The maximum absolute atomic E-state index is 12.6. The molecule has 31 heavy (non-hydrogen) atoms. The first-order valence-corrected chi connectivity index (χ1v) is 10.8. The Labute approximate surface area is 186 Å². The van der Waals surface area contributed by atoms with Crippen molar-refractivity contribution in [2.75, 3.05) is 4.72 Å². The Balaban J connectivity index is 0.00000272. The molecule has 0 atom stereocenters. The summed E-state index contributed by atoms with van der Waals surface area (Å²) in [6.07, 6.45) is 0.606. The average Bonchev–Trinajstić information content (AvgIpc) is 3.03. The van der Waals surface area contributed by atoms with Crippen molar-refractivity contribution in [1.82, 2.24) is 9.55 Å². The molecule has 1 heterocycles. The third-order valence-corrected chi connectivity index (χ3v) is 6.30. The molecule has 7 nitrogen and oxygen atoms in total. The number of rotatable bonds is 6. The number of hydrogen-bond acceptors (Lipinski definition) is 4. The van der Waals surface area contributed by atoms with Gasteiger partial charge in [-0.25, -0.2) is 13.4 Å². The van der Waals surface area contributed by atoms with Crippen LogP contribution in [0.2, 0.25) is 0 Å². The van der Waals surface area contributed by atoms with Crippen LogP contribution in [0.25, 0.3) is 11.0 Å². The van der Waals surface area contributed by atoms with Gasteiger partial charge in [-0.3, -0.25) is 10.1 Å². The van der Waals surface area contributed by atoms with Crippen LogP contribution in [-0.2, 0) is 23.5 Å². The van der Waals surface area contributed by atoms with Crippen LogP contribution in [0.4, 0.5) is 5.69 Å². The lowest BCUT2D eigenvalue weighted by Gasteiger charge is -2.08. The highest BCUT2D eigenvalue weighted by molar-refractivity contribution is 7.92. The molecule has 0 aliphatic rings. The maximum atomic E-state index is 12.6. The van der Waals surface area contributed by atoms with Gasteiger partial charge >= 0.3 is 0 Å². The number of aromatic nitrogens is 2. The van der Waals surface area contributed by atoms with E-state index in [1.54, 1.807) is 42.5 Å². The smallest absolute Gasteiger partial charge is 0.261 e. The van der Waals surface area contributed by atoms with E-state index in [2.05, 4.69) is 9.71 Å². The lowest BCUT2D eigenvalue weighted by Crippen LogP contribution is -2.12. The third kappa shape index (κ3) is 4.70. The third-order valence-electron chi connectivity index (χ3n) is 4.91. The summed E-state index contributed by atoms with van der Waals surface area (Å²) in [7, 11) is -1.72. The van der Waals surface area contributed by atoms with Crippen molar-refractivity contribution in [2.24, 2.45) is 12.8 Å². The van der Waals surface area contributed by atoms with Gasteiger partial charge in [0.1, 0.15) is 11.7 Å². The molecule has 4 rings (SSSR count). The molecule has 0 unspecified atom stereocenters. The predicted octanol–water partition coefficient (Wildman–Crippen LogP) is 3.67. The van der Waals surface area contributed by atoms with Gasteiger partial charge in [0, 0.05) is 19.0 Å². The lowest BCUT2D eigenvalue weighted by atomic mass is 10.1. The summed E-state index contributed by atoms with van der Waals surface area (Å²) in [4.78, 5) is 4.90. The van der Waals surface area contributed by atoms with Crippen molar-refractivity contribution in [1.29, 1.82) is 5.41 Å². The maximum Gasteiger partial charge on any atom is 0.261 e. The topological polar surface area (TPSA) is 114 Å². The molecular formula is C22H22ClN5O2S. The number of amidine groups is 1. The van der Waals surface area contributed by atoms with E-state index < -0.39 is 10.0 Å². The number of aryl methyl sites for hydroxylation is 1. The molecule has 4 N–H and O–H groups in total. The van der Waals surface area contributed by atoms with E-state index in [0.29, 0.717) is 23.2 Å². The van der Waals surface area contributed by atoms with Crippen molar-refractivity contribution in [3.05, 3.63) is 89.7 Å². The fraction of sp³-hybridized carbons (Fsp3) is 0.0909. The second kappa shape index (κ2) is 8.79. The summed E-state index contributed by atoms with van der Waals surface area (Å²) < 4.78 is 29.7. The number of nitrogen functional groups attached to an aromatic ring is 1. The summed E-state index contributed by atoms with van der Waals surface area (Å²) in [5.41, 5.74) is 9.31. The number of fused-ring (bicyclic) bond motifs is 1. The SMILES string of the molecule is Cl.Cn1c(Cc2ccc(C(=N)N)cc2)nc2cc(NS(=O)(=O)c3ccccc3)ccc21. The summed E-state index contributed by atoms with van der Waals surface area (Å²) in [6, 6.07) is 21.1. The summed E-state index contributed by atoms with van der Waals surface area (Å²) >= 11 is 0. The van der Waals surface area contributed by atoms with E-state index in [4.69, 9.17) is 11.1 Å². The standard InChI is InChI=1S/C22H21N5O2S.ClH/c1-27-20-12-11-17(26-30(28,29)18-5-3-2-4-6-18)14-19(20)25-21(27)13-15-7-9-16(10-8-15)22(23)24;/h2-12,14,26H,13H2,1H3,(H3,23,24);1H. The number of nitrogens with one attached hydrogen (secondary N) is 2. The number of nitrogens with zero attached hydrogens (tertiary/aromatic N) is 2. The molecule has 9 heteroatoms. The number of imidazole rings is 1. The highest BCUT2D eigenvalue weighted by Gasteiger charge is 2.15. The first-order valence-electron chi connectivity index (χ1n) is 9.30. The molecule has 0 spiro atoms. The number of sulfonamides is 1. The van der Waals surface area contributed by atoms with E-state index in [1.807, 2.05) is 41.9 Å². The van der Waals surface area contributed by atoms with Crippen LogP contribution < -0.4 is 10.5 Å². The van der Waals surface area contributed by atoms with E-state index in [0.717, 1.165) is 16.9 Å². The summed E-state index contributed by atoms with van der Waals surface area (Å²) in [5, 5.41) is 7.48. The minimum Gasteiger partial charge on any atom is -0.384 e. The highest BCUT2D eigenvalue weighted by atomic mass is 35.5. The molecule has 0 aliphatic heterocycles. The largest absolute Gasteiger partial charge is 0.384 e. The first kappa shape index (κ1) is 22.3. The molecule has 0 fully saturated rings. The van der Waals surface area contributed by atoms with Crippen molar-refractivity contribution in [3.8, 4) is 0 Å². The quantitative estimate of drug-likeness (QED) is 0.304. The van der Waals surface area contributed by atoms with Crippen LogP contribution in [0.5, 0.6) is 0 Å². The number of benzene rings is 3. The normalized spacial score (nSPS) is 11.1. The van der Waals surface area contributed by atoms with Gasteiger partial charge in [-0.2, -0.15) is 0 Å². The van der Waals surface area contributed by atoms with Crippen LogP contribution in [0, 0.1) is 5.41 Å². The molecule has 1 aromatic heterocycles. The Morgan fingerprint density at radius 1 is 1.06 bits per heavy atom. The predicted molar refractivity (Wildman–Crippen MR) is 125 cm³/mol. The first-order chi connectivity index (χ1) is 14.3. The molecule has 4 aromatic rings. The molecule has 0 bridgehead atoms. The average molecular weight is 456 g/mol. The lowest BCUT2D eigenvalue weighted by molar-refractivity contribution is 0.601. The van der Waals surface area contributed by atoms with Gasteiger partial charge in [-0.05, 0) is 35.9 Å². The second-order valence-electron chi connectivity index (χ2n) is 7.00. The zero-order chi connectivity index (χ0) is 21.3. The van der Waals surface area contributed by atoms with Gasteiger partial charge in [-0.1, -0.05) is 42.5 Å². The minimum atomic E-state index is -3.66. The number of halogens is 1. The van der Waals surface area contributed by atoms with Gasteiger partial charge in [0.05, 0.1) is 21.6 Å². The number of nitrogens with two attached hydrogens (primary N) is 1. The Morgan fingerprint density at radius 2 is 1.74 bits per heavy atom. The second-order valence-corrected chi connectivity index (χ2v) is 8.68. The van der Waals surface area contributed by atoms with Crippen molar-refractivity contribution in [2.45, 2.75) is 11.3 Å². The Morgan fingerprint density at radius 3 is 2.39 bits per heavy atom. The van der Waals surface area contributed by atoms with Gasteiger partial charge in [-0.15, -0.1) is 12.4 Å². The Kier molecular flexibility index (Phi) is 6.33. The fourth-order valence-corrected chi connectivity index (χ4v) is 4.34. The van der Waals surface area contributed by atoms with E-state index in [1.165, 1.54) is 0 Å². The van der Waals surface area contributed by atoms with Crippen molar-refractivity contribution >= 4 is 45.0 Å². The van der Waals surface area contributed by atoms with Gasteiger partial charge in [0.15, 0.2) is 0 Å².